The molecule has 0 unspecified atom stereocenters. The van der Waals surface area contributed by atoms with Gasteiger partial charge >= 0.3 is 0 Å². The second kappa shape index (κ2) is 9.98. The van der Waals surface area contributed by atoms with Gasteiger partial charge < -0.3 is 14.4 Å². The lowest BCUT2D eigenvalue weighted by Gasteiger charge is -2.35. The second-order valence-electron chi connectivity index (χ2n) is 8.44. The van der Waals surface area contributed by atoms with Crippen molar-refractivity contribution in [2.75, 3.05) is 24.7 Å². The number of hydrogen-bond acceptors (Lipinski definition) is 6. The molecule has 3 rings (SSSR count). The molecule has 0 bridgehead atoms. The zero-order valence-electron chi connectivity index (χ0n) is 18.9. The predicted molar refractivity (Wildman–Crippen MR) is 124 cm³/mol. The van der Waals surface area contributed by atoms with Crippen LogP contribution in [-0.4, -0.2) is 19.8 Å². The number of para-hydroxylation sites is 1. The van der Waals surface area contributed by atoms with Crippen molar-refractivity contribution in [1.82, 2.24) is 0 Å². The number of benzene rings is 2. The van der Waals surface area contributed by atoms with E-state index in [9.17, 15) is 10.5 Å². The highest BCUT2D eigenvalue weighted by molar-refractivity contribution is 7.99. The third-order valence-corrected chi connectivity index (χ3v) is 5.92. The first-order valence-electron chi connectivity index (χ1n) is 10.8. The molecule has 0 radical (unpaired) electrons. The van der Waals surface area contributed by atoms with Crippen molar-refractivity contribution in [2.24, 2.45) is 11.8 Å². The van der Waals surface area contributed by atoms with E-state index >= 15 is 0 Å². The molecule has 1 aliphatic heterocycles. The highest BCUT2D eigenvalue weighted by Gasteiger charge is 2.34. The maximum Gasteiger partial charge on any atom is 0.163 e. The summed E-state index contributed by atoms with van der Waals surface area (Å²) in [4.78, 5) is 4.16. The van der Waals surface area contributed by atoms with Crippen LogP contribution in [0.15, 0.2) is 34.1 Å². The fourth-order valence-corrected chi connectivity index (χ4v) is 4.66. The molecule has 0 aromatic heterocycles. The van der Waals surface area contributed by atoms with Crippen LogP contribution in [0.5, 0.6) is 11.5 Å². The number of ether oxygens (including phenoxy) is 2. The molecule has 0 atom stereocenters. The van der Waals surface area contributed by atoms with Gasteiger partial charge in [-0.25, -0.2) is 0 Å². The largest absolute Gasteiger partial charge is 0.491 e. The molecule has 162 valence electrons. The van der Waals surface area contributed by atoms with E-state index in [0.29, 0.717) is 24.7 Å². The number of anilines is 2. The van der Waals surface area contributed by atoms with Crippen molar-refractivity contribution in [2.45, 2.75) is 50.8 Å². The second-order valence-corrected chi connectivity index (χ2v) is 9.49. The topological polar surface area (TPSA) is 69.3 Å². The molecule has 1 aliphatic rings. The Labute approximate surface area is 189 Å². The lowest BCUT2D eigenvalue weighted by molar-refractivity contribution is 0.258. The number of nitrogens with zero attached hydrogens (tertiary/aromatic N) is 3. The summed E-state index contributed by atoms with van der Waals surface area (Å²) in [6.45, 7) is 12.1. The molecule has 5 nitrogen and oxygen atoms in total. The Kier molecular flexibility index (Phi) is 7.36. The molecule has 0 amide bonds. The Bertz CT molecular complexity index is 1030. The van der Waals surface area contributed by atoms with E-state index in [-0.39, 0.29) is 23.0 Å². The van der Waals surface area contributed by atoms with Gasteiger partial charge in [-0.3, -0.25) is 0 Å². The maximum atomic E-state index is 10.0. The molecular formula is C25H29N3O2S. The van der Waals surface area contributed by atoms with Crippen molar-refractivity contribution in [3.63, 3.8) is 0 Å². The van der Waals surface area contributed by atoms with Crippen molar-refractivity contribution < 1.29 is 9.47 Å². The molecule has 0 saturated heterocycles. The van der Waals surface area contributed by atoms with E-state index in [1.807, 2.05) is 12.1 Å². The zero-order valence-corrected chi connectivity index (χ0v) is 19.7. The minimum atomic E-state index is 0.252. The van der Waals surface area contributed by atoms with Gasteiger partial charge in [-0.1, -0.05) is 58.5 Å². The van der Waals surface area contributed by atoms with Crippen molar-refractivity contribution in [1.29, 1.82) is 10.5 Å². The van der Waals surface area contributed by atoms with Crippen LogP contribution in [0, 0.1) is 34.5 Å². The van der Waals surface area contributed by atoms with E-state index in [0.717, 1.165) is 34.1 Å². The standard InChI is InChI=1S/C25H29N3O2S/c1-6-11-28-20-9-7-8-10-21(20)31-25-22(28)23(29-14-16(2)3)18(12-26)19(13-27)24(25)30-15-17(4)5/h7-10,16-17H,6,11,14-15H2,1-5H3. The summed E-state index contributed by atoms with van der Waals surface area (Å²) in [5.41, 5.74) is 2.42. The van der Waals surface area contributed by atoms with Crippen molar-refractivity contribution in [3.8, 4) is 23.6 Å². The lowest BCUT2D eigenvalue weighted by Crippen LogP contribution is -2.24. The summed E-state index contributed by atoms with van der Waals surface area (Å²) in [7, 11) is 0. The summed E-state index contributed by atoms with van der Waals surface area (Å²) >= 11 is 1.58. The van der Waals surface area contributed by atoms with E-state index in [2.05, 4.69) is 63.8 Å². The fourth-order valence-electron chi connectivity index (χ4n) is 3.45. The van der Waals surface area contributed by atoms with Gasteiger partial charge in [-0.05, 0) is 30.4 Å². The van der Waals surface area contributed by atoms with Crippen LogP contribution < -0.4 is 14.4 Å². The molecule has 0 fully saturated rings. The van der Waals surface area contributed by atoms with Gasteiger partial charge in [0.15, 0.2) is 11.5 Å². The van der Waals surface area contributed by atoms with E-state index in [1.54, 1.807) is 11.8 Å². The summed E-state index contributed by atoms with van der Waals surface area (Å²) < 4.78 is 12.4. The van der Waals surface area contributed by atoms with E-state index < -0.39 is 0 Å². The Morgan fingerprint density at radius 3 is 2.10 bits per heavy atom. The summed E-state index contributed by atoms with van der Waals surface area (Å²) in [6.07, 6.45) is 0.923. The first kappa shape index (κ1) is 22.8. The van der Waals surface area contributed by atoms with Gasteiger partial charge in [0.2, 0.25) is 0 Å². The van der Waals surface area contributed by atoms with Crippen LogP contribution in [-0.2, 0) is 0 Å². The van der Waals surface area contributed by atoms with Gasteiger partial charge in [0, 0.05) is 11.4 Å². The molecule has 2 aromatic carbocycles. The number of hydrogen-bond donors (Lipinski definition) is 0. The van der Waals surface area contributed by atoms with Gasteiger partial charge in [0.05, 0.1) is 23.8 Å². The lowest BCUT2D eigenvalue weighted by atomic mass is 10.0. The fraction of sp³-hybridized carbons (Fsp3) is 0.440. The summed E-state index contributed by atoms with van der Waals surface area (Å²) in [5, 5.41) is 20.1. The smallest absolute Gasteiger partial charge is 0.163 e. The first-order valence-corrected chi connectivity index (χ1v) is 11.6. The van der Waals surface area contributed by atoms with Crippen molar-refractivity contribution >= 4 is 23.1 Å². The molecule has 0 aliphatic carbocycles. The molecular weight excluding hydrogens is 406 g/mol. The average molecular weight is 436 g/mol. The average Bonchev–Trinajstić information content (AvgIpc) is 2.75. The summed E-state index contributed by atoms with van der Waals surface area (Å²) in [5.74, 6) is 1.54. The van der Waals surface area contributed by atoms with E-state index in [4.69, 9.17) is 9.47 Å². The normalized spacial score (nSPS) is 12.2. The molecule has 0 N–H and O–H groups in total. The highest BCUT2D eigenvalue weighted by Crippen LogP contribution is 2.57. The minimum absolute atomic E-state index is 0.252. The zero-order chi connectivity index (χ0) is 22.5. The van der Waals surface area contributed by atoms with Gasteiger partial charge in [-0.15, -0.1) is 0 Å². The number of fused-ring (bicyclic) bond motifs is 2. The summed E-state index contributed by atoms with van der Waals surface area (Å²) in [6, 6.07) is 12.7. The Hall–Kier alpha value is -2.83. The van der Waals surface area contributed by atoms with Gasteiger partial charge in [-0.2, -0.15) is 10.5 Å². The van der Waals surface area contributed by atoms with Crippen LogP contribution in [0.3, 0.4) is 0 Å². The van der Waals surface area contributed by atoms with Gasteiger partial charge in [0.25, 0.3) is 0 Å². The predicted octanol–water partition coefficient (Wildman–Crippen LogP) is 6.51. The molecule has 0 saturated carbocycles. The quantitative estimate of drug-likeness (QED) is 0.470. The van der Waals surface area contributed by atoms with Crippen LogP contribution in [0.1, 0.15) is 52.2 Å². The Morgan fingerprint density at radius 2 is 1.52 bits per heavy atom. The third-order valence-electron chi connectivity index (χ3n) is 4.77. The first-order chi connectivity index (χ1) is 14.9. The maximum absolute atomic E-state index is 10.0. The Morgan fingerprint density at radius 1 is 0.935 bits per heavy atom. The molecule has 0 spiro atoms. The van der Waals surface area contributed by atoms with Crippen LogP contribution in [0.25, 0.3) is 0 Å². The van der Waals surface area contributed by atoms with Crippen LogP contribution >= 0.6 is 11.8 Å². The molecule has 31 heavy (non-hydrogen) atoms. The van der Waals surface area contributed by atoms with E-state index in [1.165, 1.54) is 0 Å². The molecule has 6 heteroatoms. The molecule has 1 heterocycles. The number of rotatable bonds is 8. The monoisotopic (exact) mass is 435 g/mol. The minimum Gasteiger partial charge on any atom is -0.491 e. The SMILES string of the molecule is CCCN1c2ccccc2Sc2c(OCC(C)C)c(C#N)c(C#N)c(OCC(C)C)c21. The van der Waals surface area contributed by atoms with Crippen LogP contribution in [0.2, 0.25) is 0 Å². The third kappa shape index (κ3) is 4.60. The van der Waals surface area contributed by atoms with Gasteiger partial charge in [0.1, 0.15) is 29.0 Å². The van der Waals surface area contributed by atoms with Crippen molar-refractivity contribution in [3.05, 3.63) is 35.4 Å². The van der Waals surface area contributed by atoms with Crippen LogP contribution in [0.4, 0.5) is 11.4 Å². The number of nitriles is 2. The highest BCUT2D eigenvalue weighted by atomic mass is 32.2. The Balaban J connectivity index is 2.34. The molecule has 2 aromatic rings.